The number of alkyl halides is 5. The normalized spacial score (nSPS) is 11.9. The Kier molecular flexibility index (Phi) is 3.25. The Hall–Kier alpha value is -1.53. The molecule has 0 heterocycles. The zero-order valence-electron chi connectivity index (χ0n) is 7.49. The molecule has 1 nitrogen and oxygen atoms in total. The van der Waals surface area contributed by atoms with Crippen molar-refractivity contribution in [2.75, 3.05) is 0 Å². The molecular formula is C9H4F6O. The van der Waals surface area contributed by atoms with Gasteiger partial charge in [0.2, 0.25) is 5.78 Å². The topological polar surface area (TPSA) is 17.1 Å². The first-order chi connectivity index (χ1) is 7.23. The molecule has 0 atom stereocenters. The Morgan fingerprint density at radius 3 is 2.12 bits per heavy atom. The summed E-state index contributed by atoms with van der Waals surface area (Å²) >= 11 is 0. The molecule has 0 aromatic heterocycles. The summed E-state index contributed by atoms with van der Waals surface area (Å²) in [6, 6.07) is 0.919. The summed E-state index contributed by atoms with van der Waals surface area (Å²) in [5.41, 5.74) is -2.39. The standard InChI is InChI=1S/C9H4F6O/c10-6-3-4(7(16)8(11)12)1-2-5(6)9(13,14)15/h1-3,8H. The smallest absolute Gasteiger partial charge is 0.288 e. The predicted octanol–water partition coefficient (Wildman–Crippen LogP) is 3.29. The van der Waals surface area contributed by atoms with E-state index in [4.69, 9.17) is 0 Å². The molecule has 1 aromatic rings. The number of benzene rings is 1. The van der Waals surface area contributed by atoms with Crippen molar-refractivity contribution in [3.8, 4) is 0 Å². The molecule has 0 aliphatic heterocycles. The second-order valence-electron chi connectivity index (χ2n) is 2.86. The molecule has 0 fully saturated rings. The van der Waals surface area contributed by atoms with Crippen LogP contribution in [0.5, 0.6) is 0 Å². The Bertz CT molecular complexity index is 409. The molecule has 0 radical (unpaired) electrons. The molecule has 0 unspecified atom stereocenters. The van der Waals surface area contributed by atoms with Crippen LogP contribution in [0.25, 0.3) is 0 Å². The van der Waals surface area contributed by atoms with Crippen LogP contribution in [0.4, 0.5) is 26.3 Å². The summed E-state index contributed by atoms with van der Waals surface area (Å²) in [5.74, 6) is -3.47. The highest BCUT2D eigenvalue weighted by Crippen LogP contribution is 2.31. The van der Waals surface area contributed by atoms with Crippen molar-refractivity contribution in [3.63, 3.8) is 0 Å². The number of carbonyl (C=O) groups excluding carboxylic acids is 1. The summed E-state index contributed by atoms with van der Waals surface area (Å²) in [6.07, 6.45) is -8.30. The Morgan fingerprint density at radius 1 is 1.19 bits per heavy atom. The molecule has 0 amide bonds. The van der Waals surface area contributed by atoms with Gasteiger partial charge in [0.1, 0.15) is 5.82 Å². The van der Waals surface area contributed by atoms with E-state index < -0.39 is 35.3 Å². The molecule has 0 aliphatic carbocycles. The van der Waals surface area contributed by atoms with Gasteiger partial charge in [-0.3, -0.25) is 4.79 Å². The first-order valence-corrected chi connectivity index (χ1v) is 3.92. The largest absolute Gasteiger partial charge is 0.419 e. The Balaban J connectivity index is 3.15. The van der Waals surface area contributed by atoms with E-state index in [9.17, 15) is 31.1 Å². The number of carbonyl (C=O) groups is 1. The third-order valence-corrected chi connectivity index (χ3v) is 1.76. The van der Waals surface area contributed by atoms with Crippen molar-refractivity contribution in [2.45, 2.75) is 12.6 Å². The second-order valence-corrected chi connectivity index (χ2v) is 2.86. The van der Waals surface area contributed by atoms with Gasteiger partial charge in [0, 0.05) is 5.56 Å². The van der Waals surface area contributed by atoms with E-state index in [0.29, 0.717) is 6.07 Å². The summed E-state index contributed by atoms with van der Waals surface area (Å²) in [7, 11) is 0. The van der Waals surface area contributed by atoms with Crippen molar-refractivity contribution in [2.24, 2.45) is 0 Å². The predicted molar refractivity (Wildman–Crippen MR) is 41.7 cm³/mol. The number of hydrogen-bond donors (Lipinski definition) is 0. The zero-order chi connectivity index (χ0) is 12.5. The van der Waals surface area contributed by atoms with Gasteiger partial charge in [0.15, 0.2) is 0 Å². The Labute approximate surface area is 85.7 Å². The van der Waals surface area contributed by atoms with Crippen LogP contribution in [-0.2, 0) is 6.18 Å². The van der Waals surface area contributed by atoms with E-state index in [1.54, 1.807) is 0 Å². The Morgan fingerprint density at radius 2 is 1.75 bits per heavy atom. The maximum Gasteiger partial charge on any atom is 0.419 e. The number of rotatable bonds is 2. The van der Waals surface area contributed by atoms with Gasteiger partial charge in [0.05, 0.1) is 5.56 Å². The quantitative estimate of drug-likeness (QED) is 0.574. The van der Waals surface area contributed by atoms with Crippen molar-refractivity contribution in [1.29, 1.82) is 0 Å². The third kappa shape index (κ3) is 2.53. The number of halogens is 6. The van der Waals surface area contributed by atoms with E-state index in [1.165, 1.54) is 0 Å². The molecule has 16 heavy (non-hydrogen) atoms. The average Bonchev–Trinajstić information content (AvgIpc) is 2.14. The van der Waals surface area contributed by atoms with Crippen molar-refractivity contribution in [3.05, 3.63) is 35.1 Å². The first-order valence-electron chi connectivity index (χ1n) is 3.92. The van der Waals surface area contributed by atoms with Gasteiger partial charge < -0.3 is 0 Å². The van der Waals surface area contributed by atoms with E-state index in [2.05, 4.69) is 0 Å². The number of ketones is 1. The van der Waals surface area contributed by atoms with Crippen LogP contribution in [0.3, 0.4) is 0 Å². The molecule has 0 saturated carbocycles. The van der Waals surface area contributed by atoms with Gasteiger partial charge in [-0.25, -0.2) is 13.2 Å². The second kappa shape index (κ2) is 4.15. The average molecular weight is 242 g/mol. The van der Waals surface area contributed by atoms with Crippen LogP contribution in [-0.4, -0.2) is 12.2 Å². The van der Waals surface area contributed by atoms with E-state index in [1.807, 2.05) is 0 Å². The molecule has 0 N–H and O–H groups in total. The number of hydrogen-bond acceptors (Lipinski definition) is 1. The van der Waals surface area contributed by atoms with Gasteiger partial charge in [-0.15, -0.1) is 0 Å². The maximum atomic E-state index is 12.9. The summed E-state index contributed by atoms with van der Waals surface area (Å²) in [5, 5.41) is 0. The highest BCUT2D eigenvalue weighted by atomic mass is 19.4. The lowest BCUT2D eigenvalue weighted by atomic mass is 10.1. The minimum atomic E-state index is -4.92. The van der Waals surface area contributed by atoms with Gasteiger partial charge in [-0.2, -0.15) is 13.2 Å². The van der Waals surface area contributed by atoms with Crippen molar-refractivity contribution in [1.82, 2.24) is 0 Å². The van der Waals surface area contributed by atoms with Crippen LogP contribution in [0.15, 0.2) is 18.2 Å². The monoisotopic (exact) mass is 242 g/mol. The molecule has 0 aliphatic rings. The maximum absolute atomic E-state index is 12.9. The lowest BCUT2D eigenvalue weighted by molar-refractivity contribution is -0.140. The molecule has 1 rings (SSSR count). The highest BCUT2D eigenvalue weighted by Gasteiger charge is 2.34. The molecule has 0 bridgehead atoms. The lowest BCUT2D eigenvalue weighted by Gasteiger charge is -2.08. The van der Waals surface area contributed by atoms with Crippen LogP contribution in [0, 0.1) is 5.82 Å². The van der Waals surface area contributed by atoms with E-state index >= 15 is 0 Å². The fourth-order valence-corrected chi connectivity index (χ4v) is 1.02. The van der Waals surface area contributed by atoms with Crippen molar-refractivity contribution < 1.29 is 31.1 Å². The lowest BCUT2D eigenvalue weighted by Crippen LogP contribution is -2.13. The van der Waals surface area contributed by atoms with E-state index in [0.717, 1.165) is 0 Å². The third-order valence-electron chi connectivity index (χ3n) is 1.76. The van der Waals surface area contributed by atoms with Gasteiger partial charge in [-0.05, 0) is 12.1 Å². The fourth-order valence-electron chi connectivity index (χ4n) is 1.02. The van der Waals surface area contributed by atoms with E-state index in [-0.39, 0.29) is 12.1 Å². The molecule has 0 spiro atoms. The minimum Gasteiger partial charge on any atom is -0.288 e. The number of Topliss-reactive ketones (excluding diaryl/α,β-unsaturated/α-hetero) is 1. The van der Waals surface area contributed by atoms with Gasteiger partial charge >= 0.3 is 12.6 Å². The summed E-state index contributed by atoms with van der Waals surface area (Å²) < 4.78 is 72.8. The fraction of sp³-hybridized carbons (Fsp3) is 0.222. The zero-order valence-corrected chi connectivity index (χ0v) is 7.49. The molecule has 1 aromatic carbocycles. The molecule has 88 valence electrons. The van der Waals surface area contributed by atoms with Crippen LogP contribution >= 0.6 is 0 Å². The molecular weight excluding hydrogens is 238 g/mol. The SMILES string of the molecule is O=C(c1ccc(C(F)(F)F)c(F)c1)C(F)F. The molecule has 0 saturated heterocycles. The molecule has 7 heteroatoms. The van der Waals surface area contributed by atoms with Gasteiger partial charge in [-0.1, -0.05) is 6.07 Å². The minimum absolute atomic E-state index is 0.150. The summed E-state index contributed by atoms with van der Waals surface area (Å²) in [6.45, 7) is 0. The summed E-state index contributed by atoms with van der Waals surface area (Å²) in [4.78, 5) is 10.7. The van der Waals surface area contributed by atoms with Crippen LogP contribution in [0.1, 0.15) is 15.9 Å². The van der Waals surface area contributed by atoms with Gasteiger partial charge in [0.25, 0.3) is 0 Å². The van der Waals surface area contributed by atoms with Crippen LogP contribution < -0.4 is 0 Å². The highest BCUT2D eigenvalue weighted by molar-refractivity contribution is 5.98. The first kappa shape index (κ1) is 12.5. The van der Waals surface area contributed by atoms with Crippen LogP contribution in [0.2, 0.25) is 0 Å². The van der Waals surface area contributed by atoms with Crippen molar-refractivity contribution >= 4 is 5.78 Å².